The summed E-state index contributed by atoms with van der Waals surface area (Å²) in [5.41, 5.74) is 0.735. The van der Waals surface area contributed by atoms with Crippen LogP contribution in [0.5, 0.6) is 0 Å². The fraction of sp³-hybridized carbons (Fsp3) is 0.304. The SMILES string of the molecule is O=C(O)c1ccccc1-c1ccc(/C=N\N2C(=O)[C@@H]3[C@H](C2=O)[C@H]2C=C[C@H]3C23CC3)o1. The molecule has 1 saturated heterocycles. The van der Waals surface area contributed by atoms with Crippen LogP contribution in [-0.2, 0) is 9.59 Å². The monoisotopic (exact) mass is 402 g/mol. The normalized spacial score (nSPS) is 30.1. The number of hydrogen-bond acceptors (Lipinski definition) is 5. The van der Waals surface area contributed by atoms with Crippen LogP contribution in [-0.4, -0.2) is 34.1 Å². The van der Waals surface area contributed by atoms with Crippen molar-refractivity contribution in [1.82, 2.24) is 5.01 Å². The van der Waals surface area contributed by atoms with Crippen molar-refractivity contribution in [2.45, 2.75) is 12.8 Å². The van der Waals surface area contributed by atoms with Crippen molar-refractivity contribution in [3.63, 3.8) is 0 Å². The topological polar surface area (TPSA) is 100 Å². The number of furan rings is 1. The molecule has 6 rings (SSSR count). The van der Waals surface area contributed by atoms with Crippen molar-refractivity contribution in [3.8, 4) is 11.3 Å². The van der Waals surface area contributed by atoms with Crippen LogP contribution in [0.25, 0.3) is 11.3 Å². The highest BCUT2D eigenvalue weighted by molar-refractivity contribution is 6.07. The van der Waals surface area contributed by atoms with Gasteiger partial charge in [0, 0.05) is 5.56 Å². The Bertz CT molecular complexity index is 1140. The minimum Gasteiger partial charge on any atom is -0.478 e. The van der Waals surface area contributed by atoms with Gasteiger partial charge >= 0.3 is 5.97 Å². The highest BCUT2D eigenvalue weighted by Crippen LogP contribution is 2.73. The summed E-state index contributed by atoms with van der Waals surface area (Å²) >= 11 is 0. The van der Waals surface area contributed by atoms with Gasteiger partial charge in [0.25, 0.3) is 11.8 Å². The maximum absolute atomic E-state index is 12.9. The van der Waals surface area contributed by atoms with E-state index in [-0.39, 0.29) is 46.5 Å². The molecular formula is C23H18N2O5. The average molecular weight is 402 g/mol. The summed E-state index contributed by atoms with van der Waals surface area (Å²) in [4.78, 5) is 37.3. The largest absolute Gasteiger partial charge is 0.478 e. The predicted molar refractivity (Wildman–Crippen MR) is 105 cm³/mol. The summed E-state index contributed by atoms with van der Waals surface area (Å²) < 4.78 is 5.71. The van der Waals surface area contributed by atoms with Crippen LogP contribution in [0.4, 0.5) is 0 Å². The fourth-order valence-electron chi connectivity index (χ4n) is 5.74. The molecule has 0 unspecified atom stereocenters. The van der Waals surface area contributed by atoms with Gasteiger partial charge < -0.3 is 9.52 Å². The Morgan fingerprint density at radius 3 is 2.37 bits per heavy atom. The van der Waals surface area contributed by atoms with Crippen LogP contribution >= 0.6 is 0 Å². The molecule has 7 nitrogen and oxygen atoms in total. The lowest BCUT2D eigenvalue weighted by molar-refractivity contribution is -0.141. The summed E-state index contributed by atoms with van der Waals surface area (Å²) in [5, 5.41) is 14.5. The number of allylic oxidation sites excluding steroid dienone is 2. The molecule has 1 spiro atoms. The van der Waals surface area contributed by atoms with Crippen LogP contribution in [0.15, 0.2) is 58.1 Å². The van der Waals surface area contributed by atoms with Crippen LogP contribution in [0.3, 0.4) is 0 Å². The number of carboxylic acids is 1. The van der Waals surface area contributed by atoms with E-state index in [0.29, 0.717) is 17.1 Å². The lowest BCUT2D eigenvalue weighted by Crippen LogP contribution is -2.30. The number of rotatable bonds is 4. The third-order valence-corrected chi connectivity index (χ3v) is 7.18. The molecule has 3 fully saturated rings. The van der Waals surface area contributed by atoms with Gasteiger partial charge in [-0.3, -0.25) is 9.59 Å². The number of carboxylic acid groups (broad SMARTS) is 1. The van der Waals surface area contributed by atoms with Crippen LogP contribution in [0.2, 0.25) is 0 Å². The van der Waals surface area contributed by atoms with E-state index in [9.17, 15) is 19.5 Å². The van der Waals surface area contributed by atoms with E-state index in [2.05, 4.69) is 17.3 Å². The van der Waals surface area contributed by atoms with E-state index in [0.717, 1.165) is 17.9 Å². The van der Waals surface area contributed by atoms with Crippen molar-refractivity contribution in [3.05, 3.63) is 59.9 Å². The van der Waals surface area contributed by atoms with E-state index >= 15 is 0 Å². The Hall–Kier alpha value is -3.48. The molecule has 1 aliphatic heterocycles. The molecule has 2 bridgehead atoms. The smallest absolute Gasteiger partial charge is 0.336 e. The Morgan fingerprint density at radius 2 is 1.73 bits per heavy atom. The molecule has 30 heavy (non-hydrogen) atoms. The molecular weight excluding hydrogens is 384 g/mol. The highest BCUT2D eigenvalue weighted by Gasteiger charge is 2.73. The highest BCUT2D eigenvalue weighted by atomic mass is 16.4. The summed E-state index contributed by atoms with van der Waals surface area (Å²) in [6, 6.07) is 9.82. The van der Waals surface area contributed by atoms with Crippen LogP contribution in [0, 0.1) is 29.1 Å². The lowest BCUT2D eigenvalue weighted by Gasteiger charge is -2.18. The number of nitrogens with zero attached hydrogens (tertiary/aromatic N) is 2. The third-order valence-electron chi connectivity index (χ3n) is 7.18. The van der Waals surface area contributed by atoms with Crippen LogP contribution in [0.1, 0.15) is 29.0 Å². The van der Waals surface area contributed by atoms with E-state index in [1.807, 2.05) is 0 Å². The second-order valence-corrected chi connectivity index (χ2v) is 8.51. The molecule has 4 atom stereocenters. The predicted octanol–water partition coefficient (Wildman–Crippen LogP) is 3.18. The maximum atomic E-state index is 12.9. The number of aromatic carboxylic acids is 1. The number of amides is 2. The molecule has 3 aliphatic carbocycles. The number of hydrogen-bond donors (Lipinski definition) is 1. The molecule has 2 saturated carbocycles. The standard InChI is InChI=1S/C23H18N2O5/c26-20-18-15-6-7-16(23(15)9-10-23)19(18)21(27)25(20)24-11-12-5-8-17(30-12)13-3-1-2-4-14(13)22(28)29/h1-8,11,15-16,18-19H,9-10H2,(H,28,29)/b24-11-/t15-,16-,18-,19+/m1/s1. The molecule has 4 aliphatic rings. The van der Waals surface area contributed by atoms with Gasteiger partial charge in [0.1, 0.15) is 11.5 Å². The van der Waals surface area contributed by atoms with Gasteiger partial charge in [-0.15, -0.1) is 0 Å². The average Bonchev–Trinajstić information content (AvgIpc) is 3.03. The van der Waals surface area contributed by atoms with Gasteiger partial charge in [-0.05, 0) is 48.3 Å². The first-order chi connectivity index (χ1) is 14.5. The molecule has 7 heteroatoms. The van der Waals surface area contributed by atoms with Crippen molar-refractivity contribution in [2.75, 3.05) is 0 Å². The zero-order valence-electron chi connectivity index (χ0n) is 15.9. The molecule has 1 aromatic carbocycles. The lowest BCUT2D eigenvalue weighted by atomic mass is 9.85. The Morgan fingerprint density at radius 1 is 1.07 bits per heavy atom. The number of imide groups is 1. The number of carbonyl (C=O) groups excluding carboxylic acids is 2. The third kappa shape index (κ3) is 2.15. The number of fused-ring (bicyclic) bond motifs is 3. The maximum Gasteiger partial charge on any atom is 0.336 e. The summed E-state index contributed by atoms with van der Waals surface area (Å²) in [7, 11) is 0. The first kappa shape index (κ1) is 17.4. The fourth-order valence-corrected chi connectivity index (χ4v) is 5.74. The quantitative estimate of drug-likeness (QED) is 0.481. The van der Waals surface area contributed by atoms with Gasteiger partial charge in [-0.1, -0.05) is 30.4 Å². The summed E-state index contributed by atoms with van der Waals surface area (Å²) in [5.74, 6) is -1.05. The first-order valence-electron chi connectivity index (χ1n) is 10.0. The molecule has 1 N–H and O–H groups in total. The molecule has 2 heterocycles. The Labute approximate surface area is 171 Å². The molecule has 150 valence electrons. The second kappa shape index (κ2) is 5.78. The van der Waals surface area contributed by atoms with E-state index < -0.39 is 5.97 Å². The summed E-state index contributed by atoms with van der Waals surface area (Å²) in [6.45, 7) is 0. The zero-order valence-corrected chi connectivity index (χ0v) is 15.9. The molecule has 2 amide bonds. The van der Waals surface area contributed by atoms with Gasteiger partial charge in [-0.25, -0.2) is 4.79 Å². The van der Waals surface area contributed by atoms with Gasteiger partial charge in [0.2, 0.25) is 0 Å². The van der Waals surface area contributed by atoms with Crippen LogP contribution < -0.4 is 0 Å². The molecule has 2 aromatic rings. The number of carbonyl (C=O) groups is 3. The zero-order chi connectivity index (χ0) is 20.6. The Kier molecular flexibility index (Phi) is 3.35. The molecule has 1 aromatic heterocycles. The first-order valence-corrected chi connectivity index (χ1v) is 10.0. The molecule has 0 radical (unpaired) electrons. The van der Waals surface area contributed by atoms with Gasteiger partial charge in [0.05, 0.1) is 23.6 Å². The minimum atomic E-state index is -1.05. The Balaban J connectivity index is 1.25. The van der Waals surface area contributed by atoms with Crippen molar-refractivity contribution in [1.29, 1.82) is 0 Å². The van der Waals surface area contributed by atoms with E-state index in [1.165, 1.54) is 12.3 Å². The number of benzene rings is 1. The number of hydrazone groups is 1. The van der Waals surface area contributed by atoms with E-state index in [4.69, 9.17) is 4.42 Å². The van der Waals surface area contributed by atoms with E-state index in [1.54, 1.807) is 30.3 Å². The van der Waals surface area contributed by atoms with Gasteiger partial charge in [0.15, 0.2) is 0 Å². The van der Waals surface area contributed by atoms with Crippen molar-refractivity contribution >= 4 is 24.0 Å². The minimum absolute atomic E-state index is 0.130. The van der Waals surface area contributed by atoms with Crippen molar-refractivity contribution < 1.29 is 23.9 Å². The second-order valence-electron chi connectivity index (χ2n) is 8.51. The van der Waals surface area contributed by atoms with Gasteiger partial charge in [-0.2, -0.15) is 10.1 Å². The van der Waals surface area contributed by atoms with Crippen molar-refractivity contribution in [2.24, 2.45) is 34.2 Å². The summed E-state index contributed by atoms with van der Waals surface area (Å²) in [6.07, 6.45) is 7.77.